The van der Waals surface area contributed by atoms with Gasteiger partial charge in [-0.05, 0) is 30.3 Å². The van der Waals surface area contributed by atoms with Gasteiger partial charge in [-0.1, -0.05) is 21.9 Å². The lowest BCUT2D eigenvalue weighted by molar-refractivity contribution is -0.113. The Bertz CT molecular complexity index is 705. The quantitative estimate of drug-likeness (QED) is 0.786. The van der Waals surface area contributed by atoms with E-state index in [2.05, 4.69) is 32.8 Å². The molecule has 0 aliphatic heterocycles. The Labute approximate surface area is 131 Å². The fourth-order valence-corrected chi connectivity index (χ4v) is 2.03. The predicted molar refractivity (Wildman–Crippen MR) is 85.2 cm³/mol. The highest BCUT2D eigenvalue weighted by atomic mass is 79.9. The highest BCUT2D eigenvalue weighted by molar-refractivity contribution is 9.10. The maximum Gasteiger partial charge on any atom is 0.303 e. The molecule has 4 nitrogen and oxygen atoms in total. The SMILES string of the molecule is COc1ccc(Br)cc1N(C)C(=O)C#Cc1cccnc1. The van der Waals surface area contributed by atoms with Crippen molar-refractivity contribution in [3.05, 3.63) is 52.8 Å². The van der Waals surface area contributed by atoms with E-state index in [0.717, 1.165) is 4.47 Å². The van der Waals surface area contributed by atoms with Crippen molar-refractivity contribution in [2.45, 2.75) is 0 Å². The van der Waals surface area contributed by atoms with E-state index in [-0.39, 0.29) is 5.91 Å². The molecule has 1 heterocycles. The molecule has 0 unspecified atom stereocenters. The highest BCUT2D eigenvalue weighted by Crippen LogP contribution is 2.30. The van der Waals surface area contributed by atoms with Crippen molar-refractivity contribution in [1.82, 2.24) is 4.98 Å². The molecule has 5 heteroatoms. The monoisotopic (exact) mass is 344 g/mol. The molecule has 0 aliphatic rings. The lowest BCUT2D eigenvalue weighted by atomic mass is 10.2. The Balaban J connectivity index is 2.24. The Morgan fingerprint density at radius 3 is 2.86 bits per heavy atom. The van der Waals surface area contributed by atoms with Gasteiger partial charge in [0, 0.05) is 35.4 Å². The van der Waals surface area contributed by atoms with Crippen LogP contribution in [-0.2, 0) is 4.79 Å². The van der Waals surface area contributed by atoms with Crippen LogP contribution in [-0.4, -0.2) is 25.0 Å². The van der Waals surface area contributed by atoms with Gasteiger partial charge >= 0.3 is 5.91 Å². The number of nitrogens with zero attached hydrogens (tertiary/aromatic N) is 2. The number of hydrogen-bond donors (Lipinski definition) is 0. The van der Waals surface area contributed by atoms with E-state index in [1.54, 1.807) is 44.8 Å². The molecule has 0 bridgehead atoms. The number of carbonyl (C=O) groups is 1. The first-order valence-electron chi connectivity index (χ1n) is 6.15. The molecule has 1 amide bonds. The van der Waals surface area contributed by atoms with Crippen molar-refractivity contribution >= 4 is 27.5 Å². The first-order valence-corrected chi connectivity index (χ1v) is 6.94. The van der Waals surface area contributed by atoms with Crippen molar-refractivity contribution in [2.75, 3.05) is 19.1 Å². The molecule has 106 valence electrons. The van der Waals surface area contributed by atoms with E-state index >= 15 is 0 Å². The predicted octanol–water partition coefficient (Wildman–Crippen LogP) is 2.87. The summed E-state index contributed by atoms with van der Waals surface area (Å²) in [5.74, 6) is 5.67. The van der Waals surface area contributed by atoms with E-state index in [1.165, 1.54) is 4.90 Å². The summed E-state index contributed by atoms with van der Waals surface area (Å²) < 4.78 is 6.12. The van der Waals surface area contributed by atoms with Gasteiger partial charge in [-0.2, -0.15) is 0 Å². The standard InChI is InChI=1S/C16H13BrN2O2/c1-19(14-10-13(17)6-7-15(14)21-2)16(20)8-5-12-4-3-9-18-11-12/h3-4,6-7,9-11H,1-2H3. The van der Waals surface area contributed by atoms with Crippen LogP contribution in [0.5, 0.6) is 5.75 Å². The van der Waals surface area contributed by atoms with Gasteiger partial charge in [0.2, 0.25) is 0 Å². The molecular formula is C16H13BrN2O2. The molecule has 0 atom stereocenters. The third kappa shape index (κ3) is 3.83. The molecular weight excluding hydrogens is 332 g/mol. The van der Waals surface area contributed by atoms with E-state index < -0.39 is 0 Å². The number of rotatable bonds is 2. The lowest BCUT2D eigenvalue weighted by Crippen LogP contribution is -2.25. The van der Waals surface area contributed by atoms with Gasteiger partial charge < -0.3 is 9.64 Å². The normalized spacial score (nSPS) is 9.48. The number of ether oxygens (including phenoxy) is 1. The van der Waals surface area contributed by atoms with Crippen LogP contribution in [0.3, 0.4) is 0 Å². The van der Waals surface area contributed by atoms with Crippen molar-refractivity contribution in [3.8, 4) is 17.6 Å². The minimum absolute atomic E-state index is 0.324. The van der Waals surface area contributed by atoms with Gasteiger partial charge in [-0.15, -0.1) is 0 Å². The summed E-state index contributed by atoms with van der Waals surface area (Å²) in [5.41, 5.74) is 1.35. The maximum absolute atomic E-state index is 12.2. The molecule has 21 heavy (non-hydrogen) atoms. The number of aromatic nitrogens is 1. The van der Waals surface area contributed by atoms with Crippen LogP contribution >= 0.6 is 15.9 Å². The van der Waals surface area contributed by atoms with E-state index in [4.69, 9.17) is 4.74 Å². The van der Waals surface area contributed by atoms with Gasteiger partial charge in [0.25, 0.3) is 0 Å². The molecule has 0 fully saturated rings. The first kappa shape index (κ1) is 15.1. The zero-order valence-electron chi connectivity index (χ0n) is 11.6. The molecule has 1 aromatic heterocycles. The van der Waals surface area contributed by atoms with Crippen molar-refractivity contribution in [3.63, 3.8) is 0 Å². The summed E-state index contributed by atoms with van der Waals surface area (Å²) >= 11 is 3.38. The van der Waals surface area contributed by atoms with Gasteiger partial charge in [0.15, 0.2) is 0 Å². The Kier molecular flexibility index (Phi) is 4.96. The molecule has 1 aromatic carbocycles. The second-order valence-electron chi connectivity index (χ2n) is 4.17. The third-order valence-corrected chi connectivity index (χ3v) is 3.28. The van der Waals surface area contributed by atoms with Gasteiger partial charge in [0.05, 0.1) is 12.8 Å². The molecule has 0 spiro atoms. The lowest BCUT2D eigenvalue weighted by Gasteiger charge is -2.17. The van der Waals surface area contributed by atoms with E-state index in [1.807, 2.05) is 12.1 Å². The molecule has 0 N–H and O–H groups in total. The average Bonchev–Trinajstić information content (AvgIpc) is 2.52. The summed E-state index contributed by atoms with van der Waals surface area (Å²) in [7, 11) is 3.22. The summed E-state index contributed by atoms with van der Waals surface area (Å²) in [5, 5.41) is 0. The van der Waals surface area contributed by atoms with Gasteiger partial charge in [0.1, 0.15) is 5.75 Å². The van der Waals surface area contributed by atoms with Crippen molar-refractivity contribution < 1.29 is 9.53 Å². The first-order chi connectivity index (χ1) is 10.1. The summed E-state index contributed by atoms with van der Waals surface area (Å²) in [4.78, 5) is 17.6. The topological polar surface area (TPSA) is 42.4 Å². The van der Waals surface area contributed by atoms with Crippen LogP contribution < -0.4 is 9.64 Å². The largest absolute Gasteiger partial charge is 0.495 e. The van der Waals surface area contributed by atoms with Crippen LogP contribution in [0, 0.1) is 11.8 Å². The summed E-state index contributed by atoms with van der Waals surface area (Å²) in [6, 6.07) is 9.02. The number of anilines is 1. The molecule has 0 saturated carbocycles. The zero-order valence-corrected chi connectivity index (χ0v) is 13.2. The molecule has 0 aliphatic carbocycles. The summed E-state index contributed by atoms with van der Waals surface area (Å²) in [6.45, 7) is 0. The molecule has 2 aromatic rings. The Morgan fingerprint density at radius 2 is 2.19 bits per heavy atom. The van der Waals surface area contributed by atoms with Crippen LogP contribution in [0.4, 0.5) is 5.69 Å². The van der Waals surface area contributed by atoms with Crippen molar-refractivity contribution in [2.24, 2.45) is 0 Å². The highest BCUT2D eigenvalue weighted by Gasteiger charge is 2.13. The number of carbonyl (C=O) groups excluding carboxylic acids is 1. The zero-order chi connectivity index (χ0) is 15.2. The second kappa shape index (κ2) is 6.91. The van der Waals surface area contributed by atoms with E-state index in [9.17, 15) is 4.79 Å². The molecule has 2 rings (SSSR count). The van der Waals surface area contributed by atoms with Crippen LogP contribution in [0.1, 0.15) is 5.56 Å². The number of benzene rings is 1. The molecule has 0 radical (unpaired) electrons. The van der Waals surface area contributed by atoms with Crippen molar-refractivity contribution in [1.29, 1.82) is 0 Å². The maximum atomic E-state index is 12.2. The summed E-state index contributed by atoms with van der Waals surface area (Å²) in [6.07, 6.45) is 3.27. The minimum atomic E-state index is -0.324. The number of amides is 1. The molecule has 0 saturated heterocycles. The van der Waals surface area contributed by atoms with E-state index in [0.29, 0.717) is 17.0 Å². The second-order valence-corrected chi connectivity index (χ2v) is 5.09. The Morgan fingerprint density at radius 1 is 1.38 bits per heavy atom. The average molecular weight is 345 g/mol. The number of halogens is 1. The van der Waals surface area contributed by atoms with Crippen LogP contribution in [0.15, 0.2) is 47.2 Å². The van der Waals surface area contributed by atoms with Crippen LogP contribution in [0.25, 0.3) is 0 Å². The Hall–Kier alpha value is -2.32. The van der Waals surface area contributed by atoms with Gasteiger partial charge in [-0.3, -0.25) is 9.78 Å². The number of methoxy groups -OCH3 is 1. The smallest absolute Gasteiger partial charge is 0.303 e. The fraction of sp³-hybridized carbons (Fsp3) is 0.125. The number of pyridine rings is 1. The third-order valence-electron chi connectivity index (χ3n) is 2.78. The minimum Gasteiger partial charge on any atom is -0.495 e. The van der Waals surface area contributed by atoms with Crippen LogP contribution in [0.2, 0.25) is 0 Å². The number of hydrogen-bond acceptors (Lipinski definition) is 3. The van der Waals surface area contributed by atoms with Gasteiger partial charge in [-0.25, -0.2) is 0 Å². The fourth-order valence-electron chi connectivity index (χ4n) is 1.68.